The Bertz CT molecular complexity index is 1480. The number of aryl methyl sites for hydroxylation is 1. The number of anilines is 1. The lowest BCUT2D eigenvalue weighted by Gasteiger charge is -2.23. The van der Waals surface area contributed by atoms with Crippen molar-refractivity contribution in [2.24, 2.45) is 5.73 Å². The number of fused-ring (bicyclic) bond motifs is 1. The summed E-state index contributed by atoms with van der Waals surface area (Å²) < 4.78 is 10.3. The van der Waals surface area contributed by atoms with E-state index in [2.05, 4.69) is 21.3 Å². The zero-order valence-electron chi connectivity index (χ0n) is 25.9. The Kier molecular flexibility index (Phi) is 16.0. The number of rotatable bonds is 17. The van der Waals surface area contributed by atoms with E-state index in [1.165, 1.54) is 13.0 Å². The van der Waals surface area contributed by atoms with E-state index < -0.39 is 59.8 Å². The monoisotopic (exact) mass is 667 g/mol. The molecule has 0 bridgehead atoms. The van der Waals surface area contributed by atoms with Crippen molar-refractivity contribution in [3.8, 4) is 0 Å². The number of alkyl carbamates (subject to hydrolysis) is 1. The number of carbonyl (C=O) groups is 5. The number of benzene rings is 1. The lowest BCUT2D eigenvalue weighted by Crippen LogP contribution is -2.55. The van der Waals surface area contributed by atoms with Crippen molar-refractivity contribution >= 4 is 64.7 Å². The Morgan fingerprint density at radius 3 is 2.37 bits per heavy atom. The van der Waals surface area contributed by atoms with Crippen LogP contribution in [0.3, 0.4) is 0 Å². The number of nitrogens with one attached hydrogen (secondary N) is 5. The number of guanidine groups is 1. The van der Waals surface area contributed by atoms with Crippen LogP contribution in [0.2, 0.25) is 0 Å². The van der Waals surface area contributed by atoms with Crippen molar-refractivity contribution in [1.82, 2.24) is 21.3 Å². The van der Waals surface area contributed by atoms with Gasteiger partial charge in [0, 0.05) is 30.1 Å². The lowest BCUT2D eigenvalue weighted by atomic mass is 9.95. The van der Waals surface area contributed by atoms with Gasteiger partial charge in [0.15, 0.2) is 11.7 Å². The van der Waals surface area contributed by atoms with Crippen molar-refractivity contribution in [3.63, 3.8) is 0 Å². The Balaban J connectivity index is 0.0000106. The molecule has 17 heteroatoms. The smallest absolute Gasteiger partial charge is 0.407 e. The number of unbranched alkanes of at least 4 members (excludes halogenated alkanes) is 1. The highest BCUT2D eigenvalue weighted by atomic mass is 35.5. The molecular formula is C29H42ClN7O9. The summed E-state index contributed by atoms with van der Waals surface area (Å²) in [6.07, 6.45) is 0.00733. The normalized spacial score (nSPS) is 12.5. The number of ether oxygens (including phenoxy) is 1. The van der Waals surface area contributed by atoms with Crippen LogP contribution in [0.25, 0.3) is 11.0 Å². The van der Waals surface area contributed by atoms with Gasteiger partial charge >= 0.3 is 17.7 Å². The summed E-state index contributed by atoms with van der Waals surface area (Å²) in [4.78, 5) is 76.0. The van der Waals surface area contributed by atoms with Gasteiger partial charge in [-0.05, 0) is 57.2 Å². The molecule has 16 nitrogen and oxygen atoms in total. The molecule has 46 heavy (non-hydrogen) atoms. The van der Waals surface area contributed by atoms with E-state index in [-0.39, 0.29) is 61.9 Å². The fourth-order valence-corrected chi connectivity index (χ4v) is 4.34. The number of ketones is 1. The maximum atomic E-state index is 13.7. The standard InChI is InChI=1S/C29H41N7O9.ClH/c1-4-5-13-44-29(43)36-20(10-11-22(37)38)26(41)34-16(3)25(40)35-19(7-6-12-33-28(31)32)24(39)23-15(2)18-9-8-17(30)14-21(18)45-27(23)42;/h8-9,14,16,19-20H,4-7,10-13,30H2,1-3H3,(H,34,41)(H,35,40)(H,36,43)(H,37,38)(H4,31,32,33);1H. The number of Topliss-reactive ketones (excluding diaryl/α,β-unsaturated/α-hetero) is 1. The number of hydrogen-bond acceptors (Lipinski definition) is 10. The molecule has 0 saturated heterocycles. The molecule has 1 aromatic carbocycles. The summed E-state index contributed by atoms with van der Waals surface area (Å²) >= 11 is 0. The molecule has 1 aromatic heterocycles. The number of carboxylic acid groups (broad SMARTS) is 1. The molecule has 0 radical (unpaired) electrons. The van der Waals surface area contributed by atoms with E-state index in [1.807, 2.05) is 6.92 Å². The number of carboxylic acids is 1. The van der Waals surface area contributed by atoms with Crippen molar-refractivity contribution in [1.29, 1.82) is 5.41 Å². The van der Waals surface area contributed by atoms with E-state index in [9.17, 15) is 28.8 Å². The average Bonchev–Trinajstić information content (AvgIpc) is 2.96. The summed E-state index contributed by atoms with van der Waals surface area (Å²) in [6.45, 7) is 5.09. The van der Waals surface area contributed by atoms with Gasteiger partial charge in [0.2, 0.25) is 11.8 Å². The molecule has 2 aromatic rings. The molecule has 0 spiro atoms. The van der Waals surface area contributed by atoms with Gasteiger partial charge in [-0.25, -0.2) is 9.59 Å². The highest BCUT2D eigenvalue weighted by Gasteiger charge is 2.31. The number of hydrogen-bond donors (Lipinski definition) is 8. The van der Waals surface area contributed by atoms with Gasteiger partial charge in [0.05, 0.1) is 12.6 Å². The summed E-state index contributed by atoms with van der Waals surface area (Å²) in [5, 5.41) is 26.8. The number of amides is 3. The van der Waals surface area contributed by atoms with E-state index in [0.717, 1.165) is 6.42 Å². The van der Waals surface area contributed by atoms with Gasteiger partial charge in [0.25, 0.3) is 0 Å². The second kappa shape index (κ2) is 18.8. The first-order valence-corrected chi connectivity index (χ1v) is 14.5. The number of aliphatic carboxylic acids is 1. The zero-order valence-corrected chi connectivity index (χ0v) is 26.7. The molecule has 254 valence electrons. The second-order valence-corrected chi connectivity index (χ2v) is 10.4. The lowest BCUT2D eigenvalue weighted by molar-refractivity contribution is -0.137. The minimum atomic E-state index is -1.32. The molecule has 0 saturated carbocycles. The van der Waals surface area contributed by atoms with E-state index in [0.29, 0.717) is 23.1 Å². The molecule has 0 fully saturated rings. The Labute approximate surface area is 271 Å². The van der Waals surface area contributed by atoms with Crippen LogP contribution in [0.15, 0.2) is 27.4 Å². The van der Waals surface area contributed by atoms with Crippen molar-refractivity contribution in [2.75, 3.05) is 18.9 Å². The SMILES string of the molecule is CCCCOC(=O)NC(CCC(=O)O)C(=O)NC(C)C(=O)NC(CCCNC(=N)N)C(=O)c1c(C)c2ccc(N)cc2oc1=O.Cl. The Morgan fingerprint density at radius 2 is 1.74 bits per heavy atom. The first kappa shape index (κ1) is 39.2. The second-order valence-electron chi connectivity index (χ2n) is 10.4. The highest BCUT2D eigenvalue weighted by Crippen LogP contribution is 2.23. The minimum absolute atomic E-state index is 0. The molecule has 3 amide bonds. The fraction of sp³-hybridized carbons (Fsp3) is 0.483. The van der Waals surface area contributed by atoms with Crippen LogP contribution in [-0.2, 0) is 19.1 Å². The predicted molar refractivity (Wildman–Crippen MR) is 172 cm³/mol. The van der Waals surface area contributed by atoms with Gasteiger partial charge in [-0.1, -0.05) is 13.3 Å². The topological polar surface area (TPSA) is 269 Å². The maximum Gasteiger partial charge on any atom is 0.407 e. The maximum absolute atomic E-state index is 13.7. The Hall–Kier alpha value is -4.86. The largest absolute Gasteiger partial charge is 0.481 e. The highest BCUT2D eigenvalue weighted by molar-refractivity contribution is 6.05. The van der Waals surface area contributed by atoms with Crippen LogP contribution in [-0.4, -0.2) is 72.0 Å². The van der Waals surface area contributed by atoms with E-state index in [4.69, 9.17) is 31.1 Å². The van der Waals surface area contributed by atoms with Crippen molar-refractivity contribution in [3.05, 3.63) is 39.7 Å². The fourth-order valence-electron chi connectivity index (χ4n) is 4.34. The number of nitrogen functional groups attached to an aromatic ring is 1. The van der Waals surface area contributed by atoms with E-state index >= 15 is 0 Å². The van der Waals surface area contributed by atoms with Crippen molar-refractivity contribution in [2.45, 2.75) is 77.4 Å². The van der Waals surface area contributed by atoms with Crippen LogP contribution in [0.5, 0.6) is 0 Å². The predicted octanol–water partition coefficient (Wildman–Crippen LogP) is 1.30. The van der Waals surface area contributed by atoms with Crippen LogP contribution >= 0.6 is 12.4 Å². The third-order valence-corrected chi connectivity index (χ3v) is 6.79. The zero-order chi connectivity index (χ0) is 33.7. The van der Waals surface area contributed by atoms with Gasteiger partial charge in [0.1, 0.15) is 23.2 Å². The molecule has 3 atom stereocenters. The average molecular weight is 668 g/mol. The van der Waals surface area contributed by atoms with Crippen LogP contribution in [0.1, 0.15) is 68.3 Å². The molecule has 0 aliphatic rings. The third-order valence-electron chi connectivity index (χ3n) is 6.79. The third kappa shape index (κ3) is 11.9. The van der Waals surface area contributed by atoms with Gasteiger partial charge in [-0.2, -0.15) is 0 Å². The first-order valence-electron chi connectivity index (χ1n) is 14.5. The van der Waals surface area contributed by atoms with Gasteiger partial charge < -0.3 is 47.0 Å². The molecule has 3 unspecified atom stereocenters. The number of nitrogens with two attached hydrogens (primary N) is 2. The molecule has 10 N–H and O–H groups in total. The van der Waals surface area contributed by atoms with Gasteiger partial charge in [-0.15, -0.1) is 12.4 Å². The van der Waals surface area contributed by atoms with Crippen LogP contribution in [0, 0.1) is 12.3 Å². The van der Waals surface area contributed by atoms with E-state index in [1.54, 1.807) is 19.1 Å². The first-order chi connectivity index (χ1) is 21.2. The summed E-state index contributed by atoms with van der Waals surface area (Å²) in [5.74, 6) is -3.85. The number of carbonyl (C=O) groups excluding carboxylic acids is 4. The van der Waals surface area contributed by atoms with Crippen LogP contribution < -0.4 is 38.4 Å². The minimum Gasteiger partial charge on any atom is -0.481 e. The molecule has 2 rings (SSSR count). The Morgan fingerprint density at radius 1 is 1.04 bits per heavy atom. The summed E-state index contributed by atoms with van der Waals surface area (Å²) in [7, 11) is 0. The summed E-state index contributed by atoms with van der Waals surface area (Å²) in [6, 6.07) is 0.844. The quantitative estimate of drug-likeness (QED) is 0.0296. The molecule has 0 aliphatic carbocycles. The molecular weight excluding hydrogens is 626 g/mol. The van der Waals surface area contributed by atoms with Gasteiger partial charge in [-0.3, -0.25) is 24.6 Å². The molecule has 0 aliphatic heterocycles. The summed E-state index contributed by atoms with van der Waals surface area (Å²) in [5.41, 5.74) is 10.8. The van der Waals surface area contributed by atoms with Crippen molar-refractivity contribution < 1.29 is 38.2 Å². The number of halogens is 1. The van der Waals surface area contributed by atoms with Crippen LogP contribution in [0.4, 0.5) is 10.5 Å². The molecule has 1 heterocycles.